The van der Waals surface area contributed by atoms with Crippen molar-refractivity contribution in [3.05, 3.63) is 76.9 Å². The Morgan fingerprint density at radius 1 is 1.09 bits per heavy atom. The fourth-order valence-electron chi connectivity index (χ4n) is 4.52. The lowest BCUT2D eigenvalue weighted by molar-refractivity contribution is -0.143. The van der Waals surface area contributed by atoms with Gasteiger partial charge in [0.05, 0.1) is 31.2 Å². The van der Waals surface area contributed by atoms with E-state index in [1.54, 1.807) is 6.07 Å². The predicted octanol–water partition coefficient (Wildman–Crippen LogP) is 4.09. The molecule has 4 rings (SSSR count). The van der Waals surface area contributed by atoms with Gasteiger partial charge in [0, 0.05) is 25.9 Å². The summed E-state index contributed by atoms with van der Waals surface area (Å²) in [5, 5.41) is 3.30. The smallest absolute Gasteiger partial charge is 0.338 e. The van der Waals surface area contributed by atoms with Crippen molar-refractivity contribution in [1.82, 2.24) is 14.9 Å². The molecule has 34 heavy (non-hydrogen) atoms. The van der Waals surface area contributed by atoms with Crippen LogP contribution in [0.15, 0.2) is 48.5 Å². The average molecular weight is 462 g/mol. The van der Waals surface area contributed by atoms with Crippen LogP contribution < -0.4 is 5.32 Å². The zero-order chi connectivity index (χ0) is 24.1. The van der Waals surface area contributed by atoms with E-state index in [9.17, 15) is 9.59 Å². The van der Waals surface area contributed by atoms with Crippen molar-refractivity contribution in [2.75, 3.05) is 20.8 Å². The molecule has 3 aromatic rings. The number of nitrogens with one attached hydrogen (secondary N) is 1. The Kier molecular flexibility index (Phi) is 7.43. The SMILES string of the molecule is CCCCc1nc2c(n1Cc1ccc(-c3ccccc3C(=O)OC)cc1)C(C(=O)OC)NCC2. The maximum Gasteiger partial charge on any atom is 0.338 e. The number of nitrogens with zero attached hydrogens (tertiary/aromatic N) is 2. The number of hydrogen-bond donors (Lipinski definition) is 1. The average Bonchev–Trinajstić information content (AvgIpc) is 3.24. The largest absolute Gasteiger partial charge is 0.468 e. The van der Waals surface area contributed by atoms with Crippen molar-refractivity contribution >= 4 is 11.9 Å². The lowest BCUT2D eigenvalue weighted by atomic mass is 9.98. The number of unbranched alkanes of at least 4 members (excludes halogenated alkanes) is 1. The van der Waals surface area contributed by atoms with Crippen molar-refractivity contribution in [3.63, 3.8) is 0 Å². The Bertz CT molecular complexity index is 1170. The molecule has 0 amide bonds. The molecule has 0 saturated heterocycles. The minimum absolute atomic E-state index is 0.293. The van der Waals surface area contributed by atoms with E-state index in [1.807, 2.05) is 30.3 Å². The summed E-state index contributed by atoms with van der Waals surface area (Å²) in [5.74, 6) is 0.357. The van der Waals surface area contributed by atoms with Crippen molar-refractivity contribution in [3.8, 4) is 11.1 Å². The molecule has 2 heterocycles. The summed E-state index contributed by atoms with van der Waals surface area (Å²) >= 11 is 0. The molecule has 0 aliphatic carbocycles. The number of imidazole rings is 1. The van der Waals surface area contributed by atoms with Gasteiger partial charge in [-0.1, -0.05) is 55.8 Å². The van der Waals surface area contributed by atoms with Gasteiger partial charge in [0.1, 0.15) is 11.9 Å². The van der Waals surface area contributed by atoms with Gasteiger partial charge in [0.2, 0.25) is 0 Å². The lowest BCUT2D eigenvalue weighted by Gasteiger charge is -2.24. The topological polar surface area (TPSA) is 82.5 Å². The maximum atomic E-state index is 12.5. The van der Waals surface area contributed by atoms with Crippen LogP contribution in [-0.2, 0) is 33.7 Å². The molecule has 1 aliphatic heterocycles. The van der Waals surface area contributed by atoms with Gasteiger partial charge in [-0.05, 0) is 29.2 Å². The Hall–Kier alpha value is -3.45. The second kappa shape index (κ2) is 10.7. The lowest BCUT2D eigenvalue weighted by Crippen LogP contribution is -2.37. The molecule has 2 aromatic carbocycles. The molecule has 0 radical (unpaired) electrons. The summed E-state index contributed by atoms with van der Waals surface area (Å²) in [7, 11) is 2.81. The molecule has 0 spiro atoms. The van der Waals surface area contributed by atoms with Gasteiger partial charge in [0.25, 0.3) is 0 Å². The number of fused-ring (bicyclic) bond motifs is 1. The fourth-order valence-corrected chi connectivity index (χ4v) is 4.52. The molecular weight excluding hydrogens is 430 g/mol. The van der Waals surface area contributed by atoms with Gasteiger partial charge in [-0.25, -0.2) is 14.6 Å². The van der Waals surface area contributed by atoms with E-state index in [0.717, 1.165) is 59.6 Å². The Morgan fingerprint density at radius 2 is 1.85 bits per heavy atom. The number of carbonyl (C=O) groups is 2. The standard InChI is InChI=1S/C27H31N3O4/c1-4-5-10-23-29-22-15-16-28-24(27(32)34-3)25(22)30(23)17-18-11-13-19(14-12-18)20-8-6-7-9-21(20)26(31)33-2/h6-9,11-14,24,28H,4-5,10,15-17H2,1-3H3. The van der Waals surface area contributed by atoms with Crippen LogP contribution in [0.25, 0.3) is 11.1 Å². The van der Waals surface area contributed by atoms with Crippen LogP contribution in [0.2, 0.25) is 0 Å². The quantitative estimate of drug-likeness (QED) is 0.509. The molecule has 0 fully saturated rings. The zero-order valence-electron chi connectivity index (χ0n) is 20.0. The number of carbonyl (C=O) groups excluding carboxylic acids is 2. The highest BCUT2D eigenvalue weighted by atomic mass is 16.5. The summed E-state index contributed by atoms with van der Waals surface area (Å²) in [5.41, 5.74) is 5.28. The van der Waals surface area contributed by atoms with Gasteiger partial charge >= 0.3 is 11.9 Å². The monoisotopic (exact) mass is 461 g/mol. The van der Waals surface area contributed by atoms with E-state index in [1.165, 1.54) is 14.2 Å². The van der Waals surface area contributed by atoms with Gasteiger partial charge in [-0.3, -0.25) is 5.32 Å². The molecule has 1 aromatic heterocycles. The molecule has 1 atom stereocenters. The van der Waals surface area contributed by atoms with E-state index in [-0.39, 0.29) is 11.9 Å². The van der Waals surface area contributed by atoms with Gasteiger partial charge in [0.15, 0.2) is 0 Å². The highest BCUT2D eigenvalue weighted by Gasteiger charge is 2.33. The molecule has 7 nitrogen and oxygen atoms in total. The highest BCUT2D eigenvalue weighted by molar-refractivity contribution is 5.97. The molecule has 0 bridgehead atoms. The van der Waals surface area contributed by atoms with Crippen LogP contribution in [0, 0.1) is 0 Å². The van der Waals surface area contributed by atoms with Crippen molar-refractivity contribution in [1.29, 1.82) is 0 Å². The van der Waals surface area contributed by atoms with Gasteiger partial charge < -0.3 is 14.0 Å². The first-order valence-corrected chi connectivity index (χ1v) is 11.7. The molecule has 1 unspecified atom stereocenters. The van der Waals surface area contributed by atoms with E-state index in [4.69, 9.17) is 14.5 Å². The molecule has 178 valence electrons. The Balaban J connectivity index is 1.67. The number of hydrogen-bond acceptors (Lipinski definition) is 6. The summed E-state index contributed by atoms with van der Waals surface area (Å²) in [6, 6.07) is 15.1. The van der Waals surface area contributed by atoms with Crippen LogP contribution in [0.3, 0.4) is 0 Å². The van der Waals surface area contributed by atoms with E-state index < -0.39 is 6.04 Å². The predicted molar refractivity (Wildman–Crippen MR) is 130 cm³/mol. The fraction of sp³-hybridized carbons (Fsp3) is 0.370. The minimum Gasteiger partial charge on any atom is -0.468 e. The first-order valence-electron chi connectivity index (χ1n) is 11.7. The summed E-state index contributed by atoms with van der Waals surface area (Å²) in [6.45, 7) is 3.47. The van der Waals surface area contributed by atoms with E-state index in [0.29, 0.717) is 18.7 Å². The first-order chi connectivity index (χ1) is 16.6. The van der Waals surface area contributed by atoms with Crippen molar-refractivity contribution in [2.24, 2.45) is 0 Å². The van der Waals surface area contributed by atoms with E-state index in [2.05, 4.69) is 28.9 Å². The van der Waals surface area contributed by atoms with Crippen LogP contribution >= 0.6 is 0 Å². The normalized spacial score (nSPS) is 15.0. The number of aryl methyl sites for hydroxylation is 1. The molecular formula is C27H31N3O4. The van der Waals surface area contributed by atoms with Crippen molar-refractivity contribution < 1.29 is 19.1 Å². The maximum absolute atomic E-state index is 12.5. The Morgan fingerprint density at radius 3 is 2.56 bits per heavy atom. The second-order valence-electron chi connectivity index (χ2n) is 8.44. The van der Waals surface area contributed by atoms with E-state index >= 15 is 0 Å². The molecule has 7 heteroatoms. The summed E-state index contributed by atoms with van der Waals surface area (Å²) in [6.07, 6.45) is 3.76. The Labute approximate surface area is 200 Å². The van der Waals surface area contributed by atoms with Crippen molar-refractivity contribution in [2.45, 2.75) is 45.2 Å². The second-order valence-corrected chi connectivity index (χ2v) is 8.44. The zero-order valence-corrected chi connectivity index (χ0v) is 20.0. The summed E-state index contributed by atoms with van der Waals surface area (Å²) < 4.78 is 12.2. The molecule has 0 saturated carbocycles. The van der Waals surface area contributed by atoms with Crippen LogP contribution in [0.5, 0.6) is 0 Å². The van der Waals surface area contributed by atoms with Crippen LogP contribution in [-0.4, -0.2) is 42.3 Å². The number of aromatic nitrogens is 2. The summed E-state index contributed by atoms with van der Waals surface area (Å²) in [4.78, 5) is 29.6. The number of esters is 2. The van der Waals surface area contributed by atoms with Crippen LogP contribution in [0.1, 0.15) is 58.9 Å². The molecule has 1 N–H and O–H groups in total. The van der Waals surface area contributed by atoms with Crippen LogP contribution in [0.4, 0.5) is 0 Å². The molecule has 1 aliphatic rings. The highest BCUT2D eigenvalue weighted by Crippen LogP contribution is 2.29. The number of ether oxygens (including phenoxy) is 2. The first kappa shape index (κ1) is 23.7. The number of benzene rings is 2. The third-order valence-electron chi connectivity index (χ3n) is 6.27. The van der Waals surface area contributed by atoms with Gasteiger partial charge in [-0.2, -0.15) is 0 Å². The minimum atomic E-state index is -0.511. The third-order valence-corrected chi connectivity index (χ3v) is 6.27. The van der Waals surface area contributed by atoms with Gasteiger partial charge in [-0.15, -0.1) is 0 Å². The number of methoxy groups -OCH3 is 2. The number of rotatable bonds is 8. The third kappa shape index (κ3) is 4.75.